The van der Waals surface area contributed by atoms with Crippen molar-refractivity contribution in [3.63, 3.8) is 0 Å². The van der Waals surface area contributed by atoms with Gasteiger partial charge in [0.2, 0.25) is 17.7 Å². The topological polar surface area (TPSA) is 205 Å². The standard InChI is InChI=1S/C42H67N3O15/c1-2-3-6-14-51-16-18-53-20-22-55-24-26-57-28-30-59-32-33-60-31-29-58-27-25-56-23-21-54-19-17-52-15-7-4-5-11-37(46)43-35-10-8-9-34-39(35)42(50)45(41(34)49)36-12-13-38(47)44-40(36)48/h8-10,36H,2-7,11-33H2,1H3,(H,43,46)(H,44,47,48). The molecule has 1 fully saturated rings. The van der Waals surface area contributed by atoms with E-state index in [2.05, 4.69) is 17.6 Å². The number of benzene rings is 1. The number of nitrogens with one attached hydrogen (secondary N) is 2. The van der Waals surface area contributed by atoms with Gasteiger partial charge in [0.25, 0.3) is 11.8 Å². The van der Waals surface area contributed by atoms with Gasteiger partial charge in [0, 0.05) is 26.1 Å². The molecule has 1 unspecified atom stereocenters. The molecular formula is C42H67N3O15. The molecule has 2 aliphatic heterocycles. The maximum absolute atomic E-state index is 13.2. The Kier molecular flexibility index (Phi) is 28.2. The van der Waals surface area contributed by atoms with E-state index in [1.54, 1.807) is 12.1 Å². The van der Waals surface area contributed by atoms with Crippen LogP contribution in [0.15, 0.2) is 18.2 Å². The SMILES string of the molecule is CCCCCOCCOCCOCCOCCOCCOCCOCCOCCOCCOCCCCCC(=O)Nc1cccc2c1C(=O)N(C1CCC(=O)NC1=O)C2=O. The number of fused-ring (bicyclic) bond motifs is 1. The number of hydrogen-bond acceptors (Lipinski definition) is 15. The van der Waals surface area contributed by atoms with Crippen LogP contribution in [-0.2, 0) is 61.8 Å². The van der Waals surface area contributed by atoms with Gasteiger partial charge < -0.3 is 52.7 Å². The molecule has 0 spiro atoms. The summed E-state index contributed by atoms with van der Waals surface area (Å²) in [5, 5.41) is 4.91. The largest absolute Gasteiger partial charge is 0.379 e. The van der Waals surface area contributed by atoms with Crippen molar-refractivity contribution in [2.75, 3.05) is 137 Å². The number of amides is 5. The summed E-state index contributed by atoms with van der Waals surface area (Å²) >= 11 is 0. The molecule has 0 saturated carbocycles. The molecule has 340 valence electrons. The monoisotopic (exact) mass is 853 g/mol. The summed E-state index contributed by atoms with van der Waals surface area (Å²) in [4.78, 5) is 63.6. The predicted molar refractivity (Wildman–Crippen MR) is 218 cm³/mol. The molecular weight excluding hydrogens is 786 g/mol. The maximum Gasteiger partial charge on any atom is 0.264 e. The molecule has 18 nitrogen and oxygen atoms in total. The van der Waals surface area contributed by atoms with E-state index < -0.39 is 29.7 Å². The highest BCUT2D eigenvalue weighted by atomic mass is 16.6. The number of carbonyl (C=O) groups is 5. The van der Waals surface area contributed by atoms with Crippen LogP contribution < -0.4 is 10.6 Å². The third-order valence-electron chi connectivity index (χ3n) is 9.18. The van der Waals surface area contributed by atoms with E-state index in [-0.39, 0.29) is 42.0 Å². The molecule has 1 saturated heterocycles. The lowest BCUT2D eigenvalue weighted by molar-refractivity contribution is -0.136. The number of anilines is 1. The summed E-state index contributed by atoms with van der Waals surface area (Å²) in [6, 6.07) is 3.53. The average Bonchev–Trinajstić information content (AvgIpc) is 3.49. The van der Waals surface area contributed by atoms with Gasteiger partial charge in [-0.3, -0.25) is 34.2 Å². The molecule has 0 aliphatic carbocycles. The van der Waals surface area contributed by atoms with Gasteiger partial charge in [0.15, 0.2) is 0 Å². The number of ether oxygens (including phenoxy) is 10. The fraction of sp³-hybridized carbons (Fsp3) is 0.738. The third-order valence-corrected chi connectivity index (χ3v) is 9.18. The van der Waals surface area contributed by atoms with Crippen LogP contribution >= 0.6 is 0 Å². The predicted octanol–water partition coefficient (Wildman–Crippen LogP) is 2.94. The van der Waals surface area contributed by atoms with Gasteiger partial charge in [0.1, 0.15) is 6.04 Å². The van der Waals surface area contributed by atoms with E-state index in [4.69, 9.17) is 47.4 Å². The van der Waals surface area contributed by atoms with E-state index >= 15 is 0 Å². The summed E-state index contributed by atoms with van der Waals surface area (Å²) in [5.74, 6) is -2.71. The van der Waals surface area contributed by atoms with Gasteiger partial charge in [-0.15, -0.1) is 0 Å². The maximum atomic E-state index is 13.2. The molecule has 2 aliphatic rings. The molecule has 60 heavy (non-hydrogen) atoms. The first-order chi connectivity index (χ1) is 29.4. The second-order valence-corrected chi connectivity index (χ2v) is 13.9. The first-order valence-electron chi connectivity index (χ1n) is 21.4. The first-order valence-corrected chi connectivity index (χ1v) is 21.4. The molecule has 2 N–H and O–H groups in total. The van der Waals surface area contributed by atoms with Gasteiger partial charge in [-0.2, -0.15) is 0 Å². The summed E-state index contributed by atoms with van der Waals surface area (Å²) in [6.45, 7) is 12.5. The van der Waals surface area contributed by atoms with Gasteiger partial charge in [-0.1, -0.05) is 32.3 Å². The average molecular weight is 854 g/mol. The molecule has 1 aromatic carbocycles. The molecule has 1 atom stereocenters. The summed E-state index contributed by atoms with van der Waals surface area (Å²) in [6.07, 6.45) is 5.96. The van der Waals surface area contributed by atoms with Crippen molar-refractivity contribution in [3.8, 4) is 0 Å². The van der Waals surface area contributed by atoms with Crippen molar-refractivity contribution < 1.29 is 71.3 Å². The lowest BCUT2D eigenvalue weighted by atomic mass is 10.0. The number of hydrogen-bond donors (Lipinski definition) is 2. The van der Waals surface area contributed by atoms with E-state index in [9.17, 15) is 24.0 Å². The Bertz CT molecular complexity index is 1380. The number of imide groups is 2. The quantitative estimate of drug-likeness (QED) is 0.0722. The molecule has 2 heterocycles. The van der Waals surface area contributed by atoms with Crippen LogP contribution in [0, 0.1) is 0 Å². The Morgan fingerprint density at radius 2 is 1.02 bits per heavy atom. The Hall–Kier alpha value is -3.43. The number of carbonyl (C=O) groups excluding carboxylic acids is 5. The fourth-order valence-electron chi connectivity index (χ4n) is 6.03. The van der Waals surface area contributed by atoms with Crippen molar-refractivity contribution in [1.29, 1.82) is 0 Å². The zero-order valence-electron chi connectivity index (χ0n) is 35.4. The van der Waals surface area contributed by atoms with Crippen LogP contribution in [0.25, 0.3) is 0 Å². The van der Waals surface area contributed by atoms with Gasteiger partial charge >= 0.3 is 0 Å². The van der Waals surface area contributed by atoms with Crippen molar-refractivity contribution in [2.45, 2.75) is 70.8 Å². The van der Waals surface area contributed by atoms with Gasteiger partial charge in [-0.05, 0) is 37.8 Å². The molecule has 0 radical (unpaired) electrons. The van der Waals surface area contributed by atoms with E-state index in [0.717, 1.165) is 30.8 Å². The van der Waals surface area contributed by atoms with Crippen LogP contribution in [0.5, 0.6) is 0 Å². The smallest absolute Gasteiger partial charge is 0.264 e. The number of nitrogens with zero attached hydrogens (tertiary/aromatic N) is 1. The normalized spacial score (nSPS) is 15.2. The summed E-state index contributed by atoms with van der Waals surface area (Å²) in [5.41, 5.74) is 0.385. The van der Waals surface area contributed by atoms with E-state index in [1.807, 2.05) is 0 Å². The van der Waals surface area contributed by atoms with Crippen LogP contribution in [0.3, 0.4) is 0 Å². The van der Waals surface area contributed by atoms with Crippen LogP contribution in [0.1, 0.15) is 85.4 Å². The van der Waals surface area contributed by atoms with Crippen molar-refractivity contribution >= 4 is 35.2 Å². The summed E-state index contributed by atoms with van der Waals surface area (Å²) < 4.78 is 55.0. The molecule has 0 aromatic heterocycles. The minimum Gasteiger partial charge on any atom is -0.379 e. The zero-order valence-corrected chi connectivity index (χ0v) is 35.4. The number of rotatable bonds is 39. The molecule has 3 rings (SSSR count). The summed E-state index contributed by atoms with van der Waals surface area (Å²) in [7, 11) is 0. The molecule has 5 amide bonds. The first kappa shape index (κ1) is 50.9. The van der Waals surface area contributed by atoms with Crippen molar-refractivity contribution in [2.24, 2.45) is 0 Å². The van der Waals surface area contributed by atoms with Crippen LogP contribution in [0.2, 0.25) is 0 Å². The minimum absolute atomic E-state index is 0.0288. The van der Waals surface area contributed by atoms with E-state index in [0.29, 0.717) is 132 Å². The fourth-order valence-corrected chi connectivity index (χ4v) is 6.03. The molecule has 1 aromatic rings. The highest BCUT2D eigenvalue weighted by Crippen LogP contribution is 2.32. The number of unbranched alkanes of at least 4 members (excludes halogenated alkanes) is 4. The zero-order chi connectivity index (χ0) is 42.9. The molecule has 18 heteroatoms. The van der Waals surface area contributed by atoms with Crippen molar-refractivity contribution in [1.82, 2.24) is 10.2 Å². The van der Waals surface area contributed by atoms with Gasteiger partial charge in [-0.25, -0.2) is 0 Å². The minimum atomic E-state index is -1.07. The second kappa shape index (κ2) is 33.2. The van der Waals surface area contributed by atoms with Crippen molar-refractivity contribution in [3.05, 3.63) is 29.3 Å². The lowest BCUT2D eigenvalue weighted by Crippen LogP contribution is -2.54. The van der Waals surface area contributed by atoms with Gasteiger partial charge in [0.05, 0.1) is 136 Å². The highest BCUT2D eigenvalue weighted by Gasteiger charge is 2.45. The second-order valence-electron chi connectivity index (χ2n) is 13.9. The lowest BCUT2D eigenvalue weighted by Gasteiger charge is -2.27. The number of piperidine rings is 1. The molecule has 0 bridgehead atoms. The Morgan fingerprint density at radius 1 is 0.583 bits per heavy atom. The highest BCUT2D eigenvalue weighted by molar-refractivity contribution is 6.26. The Labute approximate surface area is 353 Å². The Morgan fingerprint density at radius 3 is 1.45 bits per heavy atom. The van der Waals surface area contributed by atoms with Crippen LogP contribution in [0.4, 0.5) is 5.69 Å². The Balaban J connectivity index is 1.00. The van der Waals surface area contributed by atoms with Crippen LogP contribution in [-0.4, -0.2) is 173 Å². The van der Waals surface area contributed by atoms with E-state index in [1.165, 1.54) is 18.9 Å². The third kappa shape index (κ3) is 21.4.